The van der Waals surface area contributed by atoms with Gasteiger partial charge in [0.1, 0.15) is 0 Å². The molecule has 3 aromatic rings. The van der Waals surface area contributed by atoms with Crippen molar-refractivity contribution in [1.29, 1.82) is 5.26 Å². The number of fused-ring (bicyclic) bond motifs is 1. The summed E-state index contributed by atoms with van der Waals surface area (Å²) in [6, 6.07) is 16.1. The molecule has 2 aromatic carbocycles. The van der Waals surface area contributed by atoms with E-state index in [9.17, 15) is 9.59 Å². The third kappa shape index (κ3) is 4.64. The summed E-state index contributed by atoms with van der Waals surface area (Å²) < 4.78 is 0. The Labute approximate surface area is 201 Å². The first-order valence-corrected chi connectivity index (χ1v) is 12.1. The molecule has 0 saturated carbocycles. The number of nitriles is 1. The molecule has 1 saturated heterocycles. The normalized spacial score (nSPS) is 17.0. The number of carbonyl (C=O) groups is 2. The van der Waals surface area contributed by atoms with E-state index in [1.54, 1.807) is 35.2 Å². The van der Waals surface area contributed by atoms with Gasteiger partial charge in [0, 0.05) is 42.2 Å². The summed E-state index contributed by atoms with van der Waals surface area (Å²) in [5, 5.41) is 18.9. The molecule has 34 heavy (non-hydrogen) atoms. The van der Waals surface area contributed by atoms with Gasteiger partial charge in [0.05, 0.1) is 23.4 Å². The molecule has 1 atom stereocenters. The van der Waals surface area contributed by atoms with Crippen LogP contribution in [0.1, 0.15) is 50.9 Å². The highest BCUT2D eigenvalue weighted by Gasteiger charge is 2.30. The molecule has 172 valence electrons. The van der Waals surface area contributed by atoms with Gasteiger partial charge in [-0.05, 0) is 48.7 Å². The van der Waals surface area contributed by atoms with Crippen LogP contribution in [-0.4, -0.2) is 34.9 Å². The van der Waals surface area contributed by atoms with Crippen molar-refractivity contribution in [3.63, 3.8) is 0 Å². The van der Waals surface area contributed by atoms with E-state index in [1.165, 1.54) is 16.2 Å². The van der Waals surface area contributed by atoms with Gasteiger partial charge in [-0.2, -0.15) is 5.26 Å². The topological polar surface area (TPSA) is 110 Å². The van der Waals surface area contributed by atoms with Crippen LogP contribution in [0.2, 0.25) is 0 Å². The zero-order valence-electron chi connectivity index (χ0n) is 18.5. The highest BCUT2D eigenvalue weighted by atomic mass is 32.1. The number of thiazole rings is 1. The number of nitrogens with zero attached hydrogens (tertiary/aromatic N) is 3. The lowest BCUT2D eigenvalue weighted by Gasteiger charge is -2.25. The average molecular weight is 473 g/mol. The van der Waals surface area contributed by atoms with Crippen molar-refractivity contribution < 1.29 is 9.59 Å². The van der Waals surface area contributed by atoms with Gasteiger partial charge in [-0.3, -0.25) is 10.1 Å². The van der Waals surface area contributed by atoms with Gasteiger partial charge in [-0.1, -0.05) is 18.2 Å². The highest BCUT2D eigenvalue weighted by Crippen LogP contribution is 2.33. The number of aromatic nitrogens is 1. The van der Waals surface area contributed by atoms with Gasteiger partial charge >= 0.3 is 6.03 Å². The smallest absolute Gasteiger partial charge is 0.317 e. The molecular formula is C25H24N6O2S. The Morgan fingerprint density at radius 1 is 1.18 bits per heavy atom. The van der Waals surface area contributed by atoms with Crippen LogP contribution in [0.15, 0.2) is 48.5 Å². The van der Waals surface area contributed by atoms with Crippen LogP contribution >= 0.6 is 11.3 Å². The zero-order valence-corrected chi connectivity index (χ0v) is 19.3. The summed E-state index contributed by atoms with van der Waals surface area (Å²) in [5.41, 5.74) is 3.60. The fourth-order valence-electron chi connectivity index (χ4n) is 4.45. The summed E-state index contributed by atoms with van der Waals surface area (Å²) in [4.78, 5) is 33.5. The van der Waals surface area contributed by atoms with Crippen LogP contribution in [0.25, 0.3) is 0 Å². The minimum atomic E-state index is -0.213. The van der Waals surface area contributed by atoms with E-state index in [1.807, 2.05) is 18.2 Å². The number of amides is 3. The number of anilines is 2. The molecular weight excluding hydrogens is 448 g/mol. The molecule has 0 spiro atoms. The van der Waals surface area contributed by atoms with Crippen LogP contribution in [0, 0.1) is 11.3 Å². The second kappa shape index (κ2) is 9.63. The summed E-state index contributed by atoms with van der Waals surface area (Å²) in [6.45, 7) is 2.32. The van der Waals surface area contributed by atoms with Gasteiger partial charge in [-0.25, -0.2) is 9.78 Å². The third-order valence-corrected chi connectivity index (χ3v) is 7.13. The zero-order chi connectivity index (χ0) is 23.5. The second-order valence-corrected chi connectivity index (χ2v) is 9.45. The Hall–Kier alpha value is -3.74. The van der Waals surface area contributed by atoms with Gasteiger partial charge in [-0.15, -0.1) is 11.3 Å². The number of hydrogen-bond donors (Lipinski definition) is 3. The molecule has 1 aromatic heterocycles. The molecule has 0 radical (unpaired) electrons. The van der Waals surface area contributed by atoms with Crippen molar-refractivity contribution >= 4 is 34.1 Å². The SMILES string of the molecule is N#Cc1cccc(NC(=O)N2CCCC2c2cccc(C(=O)Nc3nc4c(s3)CNCC4)c2)c1. The summed E-state index contributed by atoms with van der Waals surface area (Å²) in [7, 11) is 0. The average Bonchev–Trinajstić information content (AvgIpc) is 3.51. The predicted octanol–water partition coefficient (Wildman–Crippen LogP) is 4.28. The Morgan fingerprint density at radius 3 is 2.91 bits per heavy atom. The highest BCUT2D eigenvalue weighted by molar-refractivity contribution is 7.15. The Kier molecular flexibility index (Phi) is 6.25. The van der Waals surface area contributed by atoms with Crippen LogP contribution in [0.5, 0.6) is 0 Å². The summed E-state index contributed by atoms with van der Waals surface area (Å²) >= 11 is 1.51. The molecule has 9 heteroatoms. The van der Waals surface area contributed by atoms with Gasteiger partial charge in [0.2, 0.25) is 0 Å². The van der Waals surface area contributed by atoms with E-state index in [0.29, 0.717) is 28.5 Å². The lowest BCUT2D eigenvalue weighted by Crippen LogP contribution is -2.34. The Bertz CT molecular complexity index is 1260. The van der Waals surface area contributed by atoms with Crippen molar-refractivity contribution in [1.82, 2.24) is 15.2 Å². The molecule has 1 fully saturated rings. The van der Waals surface area contributed by atoms with E-state index in [4.69, 9.17) is 5.26 Å². The number of urea groups is 1. The van der Waals surface area contributed by atoms with Crippen molar-refractivity contribution in [3.05, 3.63) is 75.8 Å². The number of rotatable bonds is 4. The molecule has 8 nitrogen and oxygen atoms in total. The molecule has 3 amide bonds. The molecule has 5 rings (SSSR count). The maximum absolute atomic E-state index is 13.0. The summed E-state index contributed by atoms with van der Waals surface area (Å²) in [6.07, 6.45) is 2.58. The summed E-state index contributed by atoms with van der Waals surface area (Å²) in [5.74, 6) is -0.205. The molecule has 0 bridgehead atoms. The molecule has 2 aliphatic heterocycles. The van der Waals surface area contributed by atoms with E-state index in [2.05, 4.69) is 27.0 Å². The number of hydrogen-bond acceptors (Lipinski definition) is 6. The number of carbonyl (C=O) groups excluding carboxylic acids is 2. The quantitative estimate of drug-likeness (QED) is 0.525. The fourth-order valence-corrected chi connectivity index (χ4v) is 5.43. The molecule has 0 aliphatic carbocycles. The van der Waals surface area contributed by atoms with E-state index in [0.717, 1.165) is 43.6 Å². The molecule has 3 heterocycles. The first kappa shape index (κ1) is 22.1. The van der Waals surface area contributed by atoms with Crippen LogP contribution in [-0.2, 0) is 13.0 Å². The van der Waals surface area contributed by atoms with Crippen molar-refractivity contribution in [2.24, 2.45) is 0 Å². The molecule has 3 N–H and O–H groups in total. The van der Waals surface area contributed by atoms with E-state index < -0.39 is 0 Å². The number of benzene rings is 2. The first-order chi connectivity index (χ1) is 16.6. The lowest BCUT2D eigenvalue weighted by atomic mass is 10.0. The molecule has 2 aliphatic rings. The largest absolute Gasteiger partial charge is 0.322 e. The second-order valence-electron chi connectivity index (χ2n) is 8.37. The monoisotopic (exact) mass is 472 g/mol. The minimum Gasteiger partial charge on any atom is -0.317 e. The number of likely N-dealkylation sites (tertiary alicyclic amines) is 1. The van der Waals surface area contributed by atoms with Crippen LogP contribution in [0.4, 0.5) is 15.6 Å². The van der Waals surface area contributed by atoms with E-state index >= 15 is 0 Å². The lowest BCUT2D eigenvalue weighted by molar-refractivity contribution is 0.102. The van der Waals surface area contributed by atoms with Gasteiger partial charge in [0.15, 0.2) is 5.13 Å². The maximum Gasteiger partial charge on any atom is 0.322 e. The van der Waals surface area contributed by atoms with Crippen molar-refractivity contribution in [2.75, 3.05) is 23.7 Å². The van der Waals surface area contributed by atoms with Crippen molar-refractivity contribution in [2.45, 2.75) is 31.8 Å². The number of nitrogens with one attached hydrogen (secondary N) is 3. The fraction of sp³-hybridized carbons (Fsp3) is 0.280. The third-order valence-electron chi connectivity index (χ3n) is 6.11. The van der Waals surface area contributed by atoms with E-state index in [-0.39, 0.29) is 18.0 Å². The minimum absolute atomic E-state index is 0.120. The van der Waals surface area contributed by atoms with Gasteiger partial charge in [0.25, 0.3) is 5.91 Å². The first-order valence-electron chi connectivity index (χ1n) is 11.3. The maximum atomic E-state index is 13.0. The predicted molar refractivity (Wildman–Crippen MR) is 131 cm³/mol. The van der Waals surface area contributed by atoms with Crippen molar-refractivity contribution in [3.8, 4) is 6.07 Å². The molecule has 1 unspecified atom stereocenters. The standard InChI is InChI=1S/C25H24N6O2S/c26-14-16-4-1-7-19(12-16)28-25(33)31-11-3-8-21(31)17-5-2-6-18(13-17)23(32)30-24-29-20-9-10-27-15-22(20)34-24/h1-2,4-7,12-13,21,27H,3,8-11,15H2,(H,28,33)(H,29,30,32). The Morgan fingerprint density at radius 2 is 2.06 bits per heavy atom. The Balaban J connectivity index is 1.29. The van der Waals surface area contributed by atoms with Gasteiger partial charge < -0.3 is 15.5 Å². The van der Waals surface area contributed by atoms with Crippen LogP contribution in [0.3, 0.4) is 0 Å². The van der Waals surface area contributed by atoms with Crippen LogP contribution < -0.4 is 16.0 Å².